The topological polar surface area (TPSA) is 145 Å². The van der Waals surface area contributed by atoms with Crippen molar-refractivity contribution in [3.8, 4) is 0 Å². The van der Waals surface area contributed by atoms with E-state index in [1.807, 2.05) is 13.8 Å². The fourth-order valence-corrected chi connectivity index (χ4v) is 3.01. The van der Waals surface area contributed by atoms with E-state index >= 15 is 0 Å². The Balaban J connectivity index is 2.55. The molecule has 8 nitrogen and oxygen atoms in total. The van der Waals surface area contributed by atoms with Crippen molar-refractivity contribution in [3.05, 3.63) is 0 Å². The molecule has 1 saturated heterocycles. The Hall–Kier alpha value is -1.16. The second-order valence-electron chi connectivity index (χ2n) is 6.82. The van der Waals surface area contributed by atoms with Crippen molar-refractivity contribution in [2.24, 2.45) is 11.7 Å². The van der Waals surface area contributed by atoms with Crippen LogP contribution in [-0.4, -0.2) is 58.3 Å². The SMILES string of the molecule is CC[C@H](C)[C@H](N)C(=O)N[C@H]1CN[C@@](CCCCB(O)O)(C(=O)O)C1. The quantitative estimate of drug-likeness (QED) is 0.227. The molecular weight excluding hydrogens is 313 g/mol. The summed E-state index contributed by atoms with van der Waals surface area (Å²) in [4.78, 5) is 23.8. The average Bonchev–Trinajstić information content (AvgIpc) is 2.94. The first-order valence-electron chi connectivity index (χ1n) is 8.62. The molecule has 1 fully saturated rings. The second kappa shape index (κ2) is 9.36. The summed E-state index contributed by atoms with van der Waals surface area (Å²) >= 11 is 0. The summed E-state index contributed by atoms with van der Waals surface area (Å²) in [7, 11) is -1.36. The molecule has 0 spiro atoms. The Morgan fingerprint density at radius 1 is 1.42 bits per heavy atom. The predicted octanol–water partition coefficient (Wildman–Crippen LogP) is -0.696. The van der Waals surface area contributed by atoms with Crippen LogP contribution in [0.5, 0.6) is 0 Å². The standard InChI is InChI=1S/C15H30BN3O5/c1-3-10(2)12(17)13(20)19-11-8-15(14(21)22,18-9-11)6-4-5-7-16(23)24/h10-12,18,23-24H,3-9,17H2,1-2H3,(H,19,20)(H,21,22)/t10-,11+,12-,15+/m0/s1. The van der Waals surface area contributed by atoms with Crippen molar-refractivity contribution >= 4 is 19.0 Å². The number of nitrogens with two attached hydrogens (primary N) is 1. The number of aliphatic carboxylic acids is 1. The van der Waals surface area contributed by atoms with Crippen molar-refractivity contribution in [1.82, 2.24) is 10.6 Å². The number of carboxylic acid groups (broad SMARTS) is 1. The molecule has 0 bridgehead atoms. The molecule has 0 aliphatic carbocycles. The van der Waals surface area contributed by atoms with Crippen LogP contribution < -0.4 is 16.4 Å². The van der Waals surface area contributed by atoms with Crippen molar-refractivity contribution in [3.63, 3.8) is 0 Å². The number of carboxylic acids is 1. The zero-order valence-corrected chi connectivity index (χ0v) is 14.5. The molecule has 1 aliphatic heterocycles. The van der Waals surface area contributed by atoms with Gasteiger partial charge >= 0.3 is 13.1 Å². The molecule has 0 aromatic rings. The Morgan fingerprint density at radius 2 is 2.08 bits per heavy atom. The minimum atomic E-state index is -1.36. The summed E-state index contributed by atoms with van der Waals surface area (Å²) in [6.07, 6.45) is 2.78. The van der Waals surface area contributed by atoms with Crippen molar-refractivity contribution in [2.75, 3.05) is 6.54 Å². The first kappa shape index (κ1) is 20.9. The number of amides is 1. The Labute approximate surface area is 143 Å². The number of rotatable bonds is 10. The zero-order chi connectivity index (χ0) is 18.3. The van der Waals surface area contributed by atoms with Gasteiger partial charge in [-0.05, 0) is 25.1 Å². The van der Waals surface area contributed by atoms with E-state index in [1.54, 1.807) is 0 Å². The molecule has 1 heterocycles. The van der Waals surface area contributed by atoms with Crippen LogP contribution in [0.4, 0.5) is 0 Å². The summed E-state index contributed by atoms with van der Waals surface area (Å²) in [5.74, 6) is -1.13. The minimum absolute atomic E-state index is 0.0634. The van der Waals surface area contributed by atoms with Crippen LogP contribution in [0.3, 0.4) is 0 Å². The number of hydrogen-bond acceptors (Lipinski definition) is 6. The maximum absolute atomic E-state index is 12.1. The largest absolute Gasteiger partial charge is 0.480 e. The van der Waals surface area contributed by atoms with E-state index in [9.17, 15) is 14.7 Å². The molecule has 1 amide bonds. The van der Waals surface area contributed by atoms with Crippen LogP contribution >= 0.6 is 0 Å². The fraction of sp³-hybridized carbons (Fsp3) is 0.867. The van der Waals surface area contributed by atoms with Gasteiger partial charge in [-0.1, -0.05) is 33.1 Å². The van der Waals surface area contributed by atoms with E-state index in [1.165, 1.54) is 0 Å². The van der Waals surface area contributed by atoms with E-state index < -0.39 is 24.7 Å². The number of hydrogen-bond donors (Lipinski definition) is 6. The van der Waals surface area contributed by atoms with Gasteiger partial charge in [0, 0.05) is 12.6 Å². The molecule has 0 saturated carbocycles. The molecule has 1 aliphatic rings. The normalized spacial score (nSPS) is 26.0. The first-order chi connectivity index (χ1) is 11.2. The van der Waals surface area contributed by atoms with Crippen LogP contribution in [0.25, 0.3) is 0 Å². The number of carbonyl (C=O) groups excluding carboxylic acids is 1. The number of nitrogens with one attached hydrogen (secondary N) is 2. The van der Waals surface area contributed by atoms with Gasteiger partial charge in [0.2, 0.25) is 5.91 Å². The Bertz CT molecular complexity index is 437. The highest BCUT2D eigenvalue weighted by molar-refractivity contribution is 6.40. The van der Waals surface area contributed by atoms with E-state index in [0.717, 1.165) is 6.42 Å². The highest BCUT2D eigenvalue weighted by Gasteiger charge is 2.45. The van der Waals surface area contributed by atoms with Gasteiger partial charge in [0.25, 0.3) is 0 Å². The Kier molecular flexibility index (Phi) is 8.15. The highest BCUT2D eigenvalue weighted by Crippen LogP contribution is 2.27. The van der Waals surface area contributed by atoms with Gasteiger partial charge in [-0.25, -0.2) is 0 Å². The third-order valence-corrected chi connectivity index (χ3v) is 4.91. The minimum Gasteiger partial charge on any atom is -0.480 e. The highest BCUT2D eigenvalue weighted by atomic mass is 16.4. The lowest BCUT2D eigenvalue weighted by Crippen LogP contribution is -2.49. The maximum atomic E-state index is 12.1. The smallest absolute Gasteiger partial charge is 0.451 e. The Morgan fingerprint density at radius 3 is 2.62 bits per heavy atom. The van der Waals surface area contributed by atoms with Crippen LogP contribution in [0.2, 0.25) is 6.32 Å². The average molecular weight is 343 g/mol. The summed E-state index contributed by atoms with van der Waals surface area (Å²) in [5, 5.41) is 33.1. The van der Waals surface area contributed by atoms with Gasteiger partial charge in [-0.2, -0.15) is 0 Å². The monoisotopic (exact) mass is 343 g/mol. The predicted molar refractivity (Wildman–Crippen MR) is 91.2 cm³/mol. The lowest BCUT2D eigenvalue weighted by atomic mass is 9.81. The van der Waals surface area contributed by atoms with Crippen LogP contribution in [0, 0.1) is 5.92 Å². The lowest BCUT2D eigenvalue weighted by molar-refractivity contribution is -0.144. The zero-order valence-electron chi connectivity index (χ0n) is 14.5. The van der Waals surface area contributed by atoms with E-state index in [0.29, 0.717) is 32.2 Å². The summed E-state index contributed by atoms with van der Waals surface area (Å²) in [6.45, 7) is 4.26. The molecule has 0 aromatic carbocycles. The van der Waals surface area contributed by atoms with Gasteiger partial charge in [0.15, 0.2) is 0 Å². The maximum Gasteiger partial charge on any atom is 0.451 e. The third kappa shape index (κ3) is 5.73. The molecular formula is C15H30BN3O5. The van der Waals surface area contributed by atoms with Crippen LogP contribution in [0.1, 0.15) is 46.0 Å². The summed E-state index contributed by atoms with van der Waals surface area (Å²) in [6, 6.07) is -0.868. The lowest BCUT2D eigenvalue weighted by Gasteiger charge is -2.25. The molecule has 4 atom stereocenters. The van der Waals surface area contributed by atoms with E-state index in [2.05, 4.69) is 10.6 Å². The molecule has 0 aromatic heterocycles. The summed E-state index contributed by atoms with van der Waals surface area (Å²) in [5.41, 5.74) is 4.82. The van der Waals surface area contributed by atoms with Gasteiger partial charge in [-0.3, -0.25) is 14.9 Å². The first-order valence-corrected chi connectivity index (χ1v) is 8.62. The van der Waals surface area contributed by atoms with Gasteiger partial charge in [-0.15, -0.1) is 0 Å². The second-order valence-corrected chi connectivity index (χ2v) is 6.82. The molecule has 24 heavy (non-hydrogen) atoms. The van der Waals surface area contributed by atoms with Crippen LogP contribution in [-0.2, 0) is 9.59 Å². The van der Waals surface area contributed by atoms with Gasteiger partial charge in [0.05, 0.1) is 6.04 Å². The van der Waals surface area contributed by atoms with E-state index in [-0.39, 0.29) is 24.2 Å². The molecule has 138 valence electrons. The third-order valence-electron chi connectivity index (χ3n) is 4.91. The van der Waals surface area contributed by atoms with Crippen molar-refractivity contribution < 1.29 is 24.7 Å². The molecule has 1 rings (SSSR count). The van der Waals surface area contributed by atoms with Gasteiger partial charge in [0.1, 0.15) is 5.54 Å². The van der Waals surface area contributed by atoms with Crippen LogP contribution in [0.15, 0.2) is 0 Å². The molecule has 0 radical (unpaired) electrons. The molecule has 7 N–H and O–H groups in total. The number of unbranched alkanes of at least 4 members (excludes halogenated alkanes) is 1. The number of carbonyl (C=O) groups is 2. The fourth-order valence-electron chi connectivity index (χ4n) is 3.01. The van der Waals surface area contributed by atoms with Crippen molar-refractivity contribution in [1.29, 1.82) is 0 Å². The molecule has 9 heteroatoms. The van der Waals surface area contributed by atoms with Crippen molar-refractivity contribution in [2.45, 2.75) is 69.9 Å². The van der Waals surface area contributed by atoms with Gasteiger partial charge < -0.3 is 26.2 Å². The van der Waals surface area contributed by atoms with E-state index in [4.69, 9.17) is 15.8 Å². The molecule has 0 unspecified atom stereocenters. The summed E-state index contributed by atoms with van der Waals surface area (Å²) < 4.78 is 0.